The van der Waals surface area contributed by atoms with E-state index < -0.39 is 5.97 Å². The molecule has 1 heterocycles. The SMILES string of the molecule is O=C(On1c(O)ccc1O)c1ccc(Cl)cc1. The highest BCUT2D eigenvalue weighted by molar-refractivity contribution is 6.30. The molecule has 6 heteroatoms. The van der Waals surface area contributed by atoms with E-state index in [9.17, 15) is 15.0 Å². The van der Waals surface area contributed by atoms with Crippen LogP contribution in [-0.4, -0.2) is 20.9 Å². The second-order valence-electron chi connectivity index (χ2n) is 3.23. The van der Waals surface area contributed by atoms with E-state index in [1.165, 1.54) is 36.4 Å². The van der Waals surface area contributed by atoms with Gasteiger partial charge in [-0.2, -0.15) is 0 Å². The zero-order chi connectivity index (χ0) is 12.4. The maximum atomic E-state index is 11.6. The molecule has 2 aromatic rings. The summed E-state index contributed by atoms with van der Waals surface area (Å²) in [5.41, 5.74) is 0.252. The summed E-state index contributed by atoms with van der Waals surface area (Å²) in [6, 6.07) is 8.42. The van der Waals surface area contributed by atoms with E-state index in [4.69, 9.17) is 16.4 Å². The minimum atomic E-state index is -0.719. The summed E-state index contributed by atoms with van der Waals surface area (Å²) >= 11 is 5.67. The summed E-state index contributed by atoms with van der Waals surface area (Å²) in [7, 11) is 0. The van der Waals surface area contributed by atoms with Crippen molar-refractivity contribution in [1.29, 1.82) is 0 Å². The number of nitrogens with zero attached hydrogens (tertiary/aromatic N) is 1. The van der Waals surface area contributed by atoms with Gasteiger partial charge in [0, 0.05) is 17.2 Å². The van der Waals surface area contributed by atoms with Crippen LogP contribution in [-0.2, 0) is 0 Å². The van der Waals surface area contributed by atoms with E-state index in [0.29, 0.717) is 9.75 Å². The first-order valence-corrected chi connectivity index (χ1v) is 5.03. The van der Waals surface area contributed by atoms with Crippen LogP contribution in [0.4, 0.5) is 0 Å². The molecule has 0 unspecified atom stereocenters. The third-order valence-electron chi connectivity index (χ3n) is 2.05. The molecule has 0 saturated carbocycles. The highest BCUT2D eigenvalue weighted by atomic mass is 35.5. The molecule has 1 aromatic carbocycles. The molecular weight excluding hydrogens is 246 g/mol. The molecule has 5 nitrogen and oxygen atoms in total. The highest BCUT2D eigenvalue weighted by Gasteiger charge is 2.13. The Morgan fingerprint density at radius 3 is 2.12 bits per heavy atom. The molecule has 2 rings (SSSR count). The molecule has 0 fully saturated rings. The topological polar surface area (TPSA) is 71.7 Å². The summed E-state index contributed by atoms with van der Waals surface area (Å²) in [6.07, 6.45) is 0. The quantitative estimate of drug-likeness (QED) is 0.856. The molecular formula is C11H8ClNO4. The van der Waals surface area contributed by atoms with Crippen molar-refractivity contribution in [3.8, 4) is 11.8 Å². The second kappa shape index (κ2) is 4.39. The summed E-state index contributed by atoms with van der Waals surface area (Å²) in [5.74, 6) is -1.46. The molecule has 17 heavy (non-hydrogen) atoms. The predicted octanol–water partition coefficient (Wildman–Crippen LogP) is 1.82. The van der Waals surface area contributed by atoms with Gasteiger partial charge in [-0.3, -0.25) is 0 Å². The maximum Gasteiger partial charge on any atom is 0.363 e. The van der Waals surface area contributed by atoms with Crippen molar-refractivity contribution >= 4 is 17.6 Å². The van der Waals surface area contributed by atoms with Crippen LogP contribution in [0.5, 0.6) is 11.8 Å². The molecule has 1 aromatic heterocycles. The van der Waals surface area contributed by atoms with Crippen LogP contribution >= 0.6 is 11.6 Å². The number of rotatable bonds is 2. The Balaban J connectivity index is 2.20. The van der Waals surface area contributed by atoms with E-state index in [0.717, 1.165) is 0 Å². The van der Waals surface area contributed by atoms with Crippen molar-refractivity contribution in [2.24, 2.45) is 0 Å². The average molecular weight is 254 g/mol. The van der Waals surface area contributed by atoms with Crippen molar-refractivity contribution in [3.63, 3.8) is 0 Å². The van der Waals surface area contributed by atoms with Gasteiger partial charge in [-0.05, 0) is 24.3 Å². The lowest BCUT2D eigenvalue weighted by Gasteiger charge is -2.06. The van der Waals surface area contributed by atoms with Crippen LogP contribution in [0.3, 0.4) is 0 Å². The number of carbonyl (C=O) groups excluding carboxylic acids is 1. The number of hydrogen-bond acceptors (Lipinski definition) is 4. The monoisotopic (exact) mass is 253 g/mol. The van der Waals surface area contributed by atoms with E-state index in [1.54, 1.807) is 0 Å². The Labute approximate surface area is 101 Å². The standard InChI is InChI=1S/C11H8ClNO4/c12-8-3-1-7(2-4-8)11(16)17-13-9(14)5-6-10(13)15/h1-6,14-15H. The fraction of sp³-hybridized carbons (Fsp3) is 0. The lowest BCUT2D eigenvalue weighted by atomic mass is 10.2. The van der Waals surface area contributed by atoms with Crippen molar-refractivity contribution < 1.29 is 19.8 Å². The van der Waals surface area contributed by atoms with Crippen LogP contribution in [0.2, 0.25) is 5.02 Å². The molecule has 0 spiro atoms. The van der Waals surface area contributed by atoms with Crippen LogP contribution < -0.4 is 4.84 Å². The van der Waals surface area contributed by atoms with Crippen LogP contribution in [0.1, 0.15) is 10.4 Å². The van der Waals surface area contributed by atoms with Gasteiger partial charge in [0.2, 0.25) is 11.8 Å². The fourth-order valence-corrected chi connectivity index (χ4v) is 1.34. The minimum absolute atomic E-state index is 0.252. The molecule has 0 saturated heterocycles. The van der Waals surface area contributed by atoms with Gasteiger partial charge >= 0.3 is 5.97 Å². The maximum absolute atomic E-state index is 11.6. The second-order valence-corrected chi connectivity index (χ2v) is 3.67. The molecule has 0 bridgehead atoms. The number of benzene rings is 1. The highest BCUT2D eigenvalue weighted by Crippen LogP contribution is 2.19. The lowest BCUT2D eigenvalue weighted by molar-refractivity contribution is 0.0382. The van der Waals surface area contributed by atoms with Gasteiger partial charge < -0.3 is 15.1 Å². The zero-order valence-corrected chi connectivity index (χ0v) is 9.26. The third kappa shape index (κ3) is 2.34. The molecule has 0 radical (unpaired) electrons. The predicted molar refractivity (Wildman–Crippen MR) is 60.1 cm³/mol. The Kier molecular flexibility index (Phi) is 2.93. The first kappa shape index (κ1) is 11.3. The van der Waals surface area contributed by atoms with Crippen LogP contribution in [0.15, 0.2) is 36.4 Å². The van der Waals surface area contributed by atoms with E-state index >= 15 is 0 Å². The van der Waals surface area contributed by atoms with Crippen molar-refractivity contribution in [3.05, 3.63) is 47.0 Å². The van der Waals surface area contributed by atoms with Crippen molar-refractivity contribution in [2.45, 2.75) is 0 Å². The zero-order valence-electron chi connectivity index (χ0n) is 8.50. The smallest absolute Gasteiger partial charge is 0.363 e. The first-order chi connectivity index (χ1) is 8.08. The summed E-state index contributed by atoms with van der Waals surface area (Å²) < 4.78 is 0.622. The molecule has 0 aliphatic rings. The Bertz CT molecular complexity index is 528. The molecule has 88 valence electrons. The van der Waals surface area contributed by atoms with Crippen molar-refractivity contribution in [2.75, 3.05) is 0 Å². The number of halogens is 1. The van der Waals surface area contributed by atoms with Gasteiger partial charge in [0.15, 0.2) is 0 Å². The third-order valence-corrected chi connectivity index (χ3v) is 2.30. The molecule has 2 N–H and O–H groups in total. The Morgan fingerprint density at radius 1 is 1.06 bits per heavy atom. The van der Waals surface area contributed by atoms with Crippen molar-refractivity contribution in [1.82, 2.24) is 4.73 Å². The normalized spacial score (nSPS) is 10.2. The average Bonchev–Trinajstić information content (AvgIpc) is 2.61. The van der Waals surface area contributed by atoms with E-state index in [-0.39, 0.29) is 17.3 Å². The van der Waals surface area contributed by atoms with Crippen LogP contribution in [0, 0.1) is 0 Å². The molecule has 0 amide bonds. The summed E-state index contributed by atoms with van der Waals surface area (Å²) in [6.45, 7) is 0. The first-order valence-electron chi connectivity index (χ1n) is 4.66. The number of aromatic nitrogens is 1. The number of carbonyl (C=O) groups is 1. The summed E-state index contributed by atoms with van der Waals surface area (Å²) in [4.78, 5) is 16.4. The molecule has 0 aliphatic heterocycles. The molecule has 0 aliphatic carbocycles. The molecule has 0 atom stereocenters. The number of aromatic hydroxyl groups is 2. The van der Waals surface area contributed by atoms with E-state index in [2.05, 4.69) is 0 Å². The van der Waals surface area contributed by atoms with Gasteiger partial charge in [0.1, 0.15) is 0 Å². The van der Waals surface area contributed by atoms with E-state index in [1.807, 2.05) is 0 Å². The Morgan fingerprint density at radius 2 is 1.59 bits per heavy atom. The summed E-state index contributed by atoms with van der Waals surface area (Å²) in [5, 5.41) is 19.0. The largest absolute Gasteiger partial charge is 0.492 e. The van der Waals surface area contributed by atoms with Gasteiger partial charge in [-0.25, -0.2) is 4.79 Å². The van der Waals surface area contributed by atoms with Gasteiger partial charge in [0.05, 0.1) is 5.56 Å². The minimum Gasteiger partial charge on any atom is -0.492 e. The lowest BCUT2D eigenvalue weighted by Crippen LogP contribution is -2.18. The fourth-order valence-electron chi connectivity index (χ4n) is 1.22. The van der Waals surface area contributed by atoms with Crippen LogP contribution in [0.25, 0.3) is 0 Å². The van der Waals surface area contributed by atoms with Gasteiger partial charge in [-0.1, -0.05) is 11.6 Å². The Hall–Kier alpha value is -2.14. The number of hydrogen-bond donors (Lipinski definition) is 2. The van der Waals surface area contributed by atoms with Gasteiger partial charge in [-0.15, -0.1) is 4.73 Å². The van der Waals surface area contributed by atoms with Gasteiger partial charge in [0.25, 0.3) is 0 Å².